The van der Waals surface area contributed by atoms with Crippen LogP contribution < -0.4 is 0 Å². The van der Waals surface area contributed by atoms with Crippen molar-refractivity contribution in [2.75, 3.05) is 0 Å². The van der Waals surface area contributed by atoms with E-state index in [0.29, 0.717) is 0 Å². The molecule has 0 spiro atoms. The van der Waals surface area contributed by atoms with Gasteiger partial charge < -0.3 is 0 Å². The van der Waals surface area contributed by atoms with E-state index in [2.05, 4.69) is 70.0 Å². The van der Waals surface area contributed by atoms with Gasteiger partial charge >= 0.3 is 0 Å². The first kappa shape index (κ1) is 20.0. The van der Waals surface area contributed by atoms with Crippen molar-refractivity contribution in [3.63, 3.8) is 0 Å². The summed E-state index contributed by atoms with van der Waals surface area (Å²) in [5.41, 5.74) is 3.13. The van der Waals surface area contributed by atoms with E-state index in [4.69, 9.17) is 0 Å². The number of rotatable bonds is 10. The summed E-state index contributed by atoms with van der Waals surface area (Å²) in [6.45, 7) is 4.56. The van der Waals surface area contributed by atoms with Gasteiger partial charge in [0.05, 0.1) is 0 Å². The lowest BCUT2D eigenvalue weighted by molar-refractivity contribution is 0.651. The second-order valence-electron chi connectivity index (χ2n) is 6.82. The van der Waals surface area contributed by atoms with Gasteiger partial charge in [0.25, 0.3) is 0 Å². The van der Waals surface area contributed by atoms with Crippen molar-refractivity contribution in [1.29, 1.82) is 0 Å². The Hall–Kier alpha value is -0.340. The van der Waals surface area contributed by atoms with Gasteiger partial charge in [-0.1, -0.05) is 84.2 Å². The average Bonchev–Trinajstić information content (AvgIpc) is 2.59. The van der Waals surface area contributed by atoms with E-state index in [9.17, 15) is 0 Å². The van der Waals surface area contributed by atoms with Crippen molar-refractivity contribution < 1.29 is 0 Å². The third kappa shape index (κ3) is 5.59. The molecule has 0 saturated heterocycles. The SMILES string of the molecule is CCCCCCc1cc2c(Br)ccc(Br)c2cc1CCCCCC. The van der Waals surface area contributed by atoms with E-state index >= 15 is 0 Å². The van der Waals surface area contributed by atoms with Gasteiger partial charge in [-0.05, 0) is 71.8 Å². The van der Waals surface area contributed by atoms with Crippen molar-refractivity contribution in [2.24, 2.45) is 0 Å². The lowest BCUT2D eigenvalue weighted by Crippen LogP contribution is -1.97. The van der Waals surface area contributed by atoms with Crippen LogP contribution in [0.4, 0.5) is 0 Å². The van der Waals surface area contributed by atoms with E-state index in [-0.39, 0.29) is 0 Å². The van der Waals surface area contributed by atoms with Crippen LogP contribution in [0.3, 0.4) is 0 Å². The predicted molar refractivity (Wildman–Crippen MR) is 115 cm³/mol. The highest BCUT2D eigenvalue weighted by atomic mass is 79.9. The van der Waals surface area contributed by atoms with Crippen LogP contribution in [0.5, 0.6) is 0 Å². The lowest BCUT2D eigenvalue weighted by Gasteiger charge is -2.14. The van der Waals surface area contributed by atoms with Crippen molar-refractivity contribution in [2.45, 2.75) is 78.1 Å². The topological polar surface area (TPSA) is 0 Å². The minimum atomic E-state index is 1.20. The normalized spacial score (nSPS) is 11.3. The van der Waals surface area contributed by atoms with Crippen LogP contribution in [0.15, 0.2) is 33.2 Å². The van der Waals surface area contributed by atoms with Gasteiger partial charge in [-0.25, -0.2) is 0 Å². The number of hydrogen-bond donors (Lipinski definition) is 0. The second-order valence-corrected chi connectivity index (χ2v) is 8.53. The second kappa shape index (κ2) is 10.6. The Morgan fingerprint density at radius 1 is 0.625 bits per heavy atom. The largest absolute Gasteiger partial charge is 0.0654 e. The summed E-state index contributed by atoms with van der Waals surface area (Å²) in [4.78, 5) is 0. The van der Waals surface area contributed by atoms with Crippen LogP contribution in [0.1, 0.15) is 76.3 Å². The quantitative estimate of drug-likeness (QED) is 0.315. The van der Waals surface area contributed by atoms with Crippen LogP contribution in [-0.2, 0) is 12.8 Å². The average molecular weight is 454 g/mol. The highest BCUT2D eigenvalue weighted by molar-refractivity contribution is 9.11. The minimum Gasteiger partial charge on any atom is -0.0654 e. The zero-order chi connectivity index (χ0) is 17.4. The van der Waals surface area contributed by atoms with Gasteiger partial charge in [0, 0.05) is 8.95 Å². The predicted octanol–water partition coefficient (Wildman–Crippen LogP) is 8.61. The van der Waals surface area contributed by atoms with Crippen LogP contribution in [0.2, 0.25) is 0 Å². The molecule has 0 aliphatic carbocycles. The van der Waals surface area contributed by atoms with Crippen molar-refractivity contribution in [3.8, 4) is 0 Å². The number of hydrogen-bond acceptors (Lipinski definition) is 0. The number of fused-ring (bicyclic) bond motifs is 1. The van der Waals surface area contributed by atoms with Crippen LogP contribution in [-0.4, -0.2) is 0 Å². The molecule has 2 heteroatoms. The smallest absolute Gasteiger partial charge is 0.0254 e. The van der Waals surface area contributed by atoms with Crippen molar-refractivity contribution in [3.05, 3.63) is 44.3 Å². The first-order chi connectivity index (χ1) is 11.7. The van der Waals surface area contributed by atoms with Gasteiger partial charge in [0.1, 0.15) is 0 Å². The number of unbranched alkanes of at least 4 members (excludes halogenated alkanes) is 6. The monoisotopic (exact) mass is 452 g/mol. The summed E-state index contributed by atoms with van der Waals surface area (Å²) in [5, 5.41) is 2.68. The summed E-state index contributed by atoms with van der Waals surface area (Å²) in [5.74, 6) is 0. The van der Waals surface area contributed by atoms with Gasteiger partial charge in [-0.2, -0.15) is 0 Å². The Kier molecular flexibility index (Phi) is 8.83. The standard InChI is InChI=1S/C22H30Br2/c1-3-5-7-9-11-17-15-19-20(22(24)14-13-21(19)23)16-18(17)12-10-8-6-4-2/h13-16H,3-12H2,1-2H3. The Morgan fingerprint density at radius 2 is 1.04 bits per heavy atom. The molecule has 0 aliphatic heterocycles. The minimum absolute atomic E-state index is 1.20. The number of benzene rings is 2. The molecule has 0 unspecified atom stereocenters. The van der Waals surface area contributed by atoms with E-state index in [0.717, 1.165) is 0 Å². The molecule has 0 heterocycles. The number of halogens is 2. The van der Waals surface area contributed by atoms with Gasteiger partial charge in [0.2, 0.25) is 0 Å². The molecule has 0 nitrogen and oxygen atoms in total. The zero-order valence-electron chi connectivity index (χ0n) is 15.1. The highest BCUT2D eigenvalue weighted by Crippen LogP contribution is 2.33. The molecule has 0 bridgehead atoms. The fraction of sp³-hybridized carbons (Fsp3) is 0.545. The highest BCUT2D eigenvalue weighted by Gasteiger charge is 2.10. The molecule has 24 heavy (non-hydrogen) atoms. The van der Waals surface area contributed by atoms with Crippen LogP contribution in [0.25, 0.3) is 10.8 Å². The Balaban J connectivity index is 2.25. The molecular weight excluding hydrogens is 424 g/mol. The summed E-state index contributed by atoms with van der Waals surface area (Å²) in [7, 11) is 0. The Labute approximate surface area is 164 Å². The van der Waals surface area contributed by atoms with E-state index in [1.807, 2.05) is 0 Å². The van der Waals surface area contributed by atoms with E-state index < -0.39 is 0 Å². The Morgan fingerprint density at radius 3 is 1.42 bits per heavy atom. The zero-order valence-corrected chi connectivity index (χ0v) is 18.3. The van der Waals surface area contributed by atoms with E-state index in [1.165, 1.54) is 83.9 Å². The molecule has 0 atom stereocenters. The molecule has 0 amide bonds. The van der Waals surface area contributed by atoms with Gasteiger partial charge in [-0.15, -0.1) is 0 Å². The van der Waals surface area contributed by atoms with Gasteiger partial charge in [0.15, 0.2) is 0 Å². The maximum atomic E-state index is 3.74. The number of aryl methyl sites for hydroxylation is 2. The summed E-state index contributed by atoms with van der Waals surface area (Å²) >= 11 is 7.47. The molecule has 0 radical (unpaired) electrons. The molecule has 0 fully saturated rings. The van der Waals surface area contributed by atoms with Crippen LogP contribution in [0, 0.1) is 0 Å². The molecular formula is C22H30Br2. The molecule has 2 aromatic rings. The molecule has 2 rings (SSSR count). The van der Waals surface area contributed by atoms with Crippen LogP contribution >= 0.6 is 31.9 Å². The fourth-order valence-electron chi connectivity index (χ4n) is 3.36. The maximum absolute atomic E-state index is 3.74. The molecule has 0 aliphatic rings. The van der Waals surface area contributed by atoms with Gasteiger partial charge in [-0.3, -0.25) is 0 Å². The summed E-state index contributed by atoms with van der Waals surface area (Å²) in [6.07, 6.45) is 13.1. The lowest BCUT2D eigenvalue weighted by atomic mass is 9.93. The molecule has 0 N–H and O–H groups in total. The van der Waals surface area contributed by atoms with E-state index in [1.54, 1.807) is 11.1 Å². The molecule has 132 valence electrons. The molecule has 0 saturated carbocycles. The summed E-state index contributed by atoms with van der Waals surface area (Å²) in [6, 6.07) is 9.17. The third-order valence-corrected chi connectivity index (χ3v) is 6.21. The summed E-state index contributed by atoms with van der Waals surface area (Å²) < 4.78 is 2.40. The van der Waals surface area contributed by atoms with Crippen molar-refractivity contribution in [1.82, 2.24) is 0 Å². The maximum Gasteiger partial charge on any atom is 0.0254 e. The first-order valence-electron chi connectivity index (χ1n) is 9.56. The van der Waals surface area contributed by atoms with Crippen molar-refractivity contribution >= 4 is 42.6 Å². The first-order valence-corrected chi connectivity index (χ1v) is 11.2. The fourth-order valence-corrected chi connectivity index (χ4v) is 4.28. The Bertz CT molecular complexity index is 589. The third-order valence-electron chi connectivity index (χ3n) is 4.83. The molecule has 0 aromatic heterocycles. The molecule has 2 aromatic carbocycles.